The van der Waals surface area contributed by atoms with Crippen molar-refractivity contribution in [1.82, 2.24) is 9.88 Å². The van der Waals surface area contributed by atoms with Gasteiger partial charge in [-0.1, -0.05) is 30.3 Å². The van der Waals surface area contributed by atoms with E-state index in [0.717, 1.165) is 31.6 Å². The Hall–Kier alpha value is -3.18. The molecule has 0 amide bonds. The Morgan fingerprint density at radius 2 is 1.94 bits per heavy atom. The molecule has 3 heterocycles. The fourth-order valence-corrected chi connectivity index (χ4v) is 5.31. The zero-order valence-corrected chi connectivity index (χ0v) is 18.5. The SMILES string of the molecule is CN1Cc2cc(-c3ccccc3N3CCCC3)ccc2[C@H]1CCc1cnccc1C(=O)O. The first-order chi connectivity index (χ1) is 15.6. The van der Waals surface area contributed by atoms with Crippen molar-refractivity contribution in [2.75, 3.05) is 25.0 Å². The third-order valence-corrected chi connectivity index (χ3v) is 6.94. The van der Waals surface area contributed by atoms with E-state index in [4.69, 9.17) is 0 Å². The maximum absolute atomic E-state index is 11.5. The largest absolute Gasteiger partial charge is 0.478 e. The Morgan fingerprint density at radius 3 is 2.75 bits per heavy atom. The Kier molecular flexibility index (Phi) is 5.66. The summed E-state index contributed by atoms with van der Waals surface area (Å²) in [5.74, 6) is -0.885. The summed E-state index contributed by atoms with van der Waals surface area (Å²) in [4.78, 5) is 20.6. The van der Waals surface area contributed by atoms with E-state index in [2.05, 4.69) is 64.3 Å². The van der Waals surface area contributed by atoms with Crippen LogP contribution in [0.2, 0.25) is 0 Å². The molecular weight excluding hydrogens is 398 g/mol. The highest BCUT2D eigenvalue weighted by Crippen LogP contribution is 2.40. The first-order valence-electron chi connectivity index (χ1n) is 11.5. The van der Waals surface area contributed by atoms with Gasteiger partial charge in [0.1, 0.15) is 0 Å². The van der Waals surface area contributed by atoms with E-state index in [9.17, 15) is 9.90 Å². The van der Waals surface area contributed by atoms with Gasteiger partial charge in [0.2, 0.25) is 0 Å². The summed E-state index contributed by atoms with van der Waals surface area (Å²) in [5, 5.41) is 9.47. The molecule has 0 bridgehead atoms. The van der Waals surface area contributed by atoms with Crippen LogP contribution in [0, 0.1) is 0 Å². The van der Waals surface area contributed by atoms with Gasteiger partial charge in [0.25, 0.3) is 0 Å². The summed E-state index contributed by atoms with van der Waals surface area (Å²) in [6.07, 6.45) is 7.35. The average Bonchev–Trinajstić information content (AvgIpc) is 3.45. The highest BCUT2D eigenvalue weighted by Gasteiger charge is 2.28. The molecule has 5 heteroatoms. The number of aromatic nitrogens is 1. The van der Waals surface area contributed by atoms with Gasteiger partial charge in [-0.3, -0.25) is 9.88 Å². The van der Waals surface area contributed by atoms with Crippen LogP contribution in [0.25, 0.3) is 11.1 Å². The van der Waals surface area contributed by atoms with E-state index in [0.29, 0.717) is 12.0 Å². The number of rotatable bonds is 6. The molecule has 1 saturated heterocycles. The van der Waals surface area contributed by atoms with Gasteiger partial charge in [0.15, 0.2) is 0 Å². The van der Waals surface area contributed by atoms with Crippen LogP contribution in [-0.4, -0.2) is 41.1 Å². The van der Waals surface area contributed by atoms with Crippen LogP contribution in [-0.2, 0) is 13.0 Å². The Balaban J connectivity index is 1.39. The molecule has 2 aromatic carbocycles. The van der Waals surface area contributed by atoms with Crippen molar-refractivity contribution in [2.45, 2.75) is 38.3 Å². The number of para-hydroxylation sites is 1. The van der Waals surface area contributed by atoms with E-state index in [1.807, 2.05) is 0 Å². The van der Waals surface area contributed by atoms with Crippen molar-refractivity contribution in [2.24, 2.45) is 0 Å². The van der Waals surface area contributed by atoms with E-state index in [1.54, 1.807) is 18.5 Å². The summed E-state index contributed by atoms with van der Waals surface area (Å²) >= 11 is 0. The molecule has 0 spiro atoms. The molecule has 0 radical (unpaired) electrons. The number of hydrogen-bond donors (Lipinski definition) is 1. The summed E-state index contributed by atoms with van der Waals surface area (Å²) in [6, 6.07) is 17.5. The third kappa shape index (κ3) is 3.89. The fraction of sp³-hybridized carbons (Fsp3) is 0.333. The van der Waals surface area contributed by atoms with E-state index >= 15 is 0 Å². The zero-order valence-electron chi connectivity index (χ0n) is 18.5. The smallest absolute Gasteiger partial charge is 0.336 e. The number of pyridine rings is 1. The van der Waals surface area contributed by atoms with Crippen molar-refractivity contribution in [3.63, 3.8) is 0 Å². The minimum atomic E-state index is -0.885. The average molecular weight is 428 g/mol. The maximum atomic E-state index is 11.5. The molecule has 3 aromatic rings. The Morgan fingerprint density at radius 1 is 1.12 bits per heavy atom. The zero-order chi connectivity index (χ0) is 22.1. The lowest BCUT2D eigenvalue weighted by Gasteiger charge is -2.22. The second-order valence-electron chi connectivity index (χ2n) is 8.93. The second-order valence-corrected chi connectivity index (χ2v) is 8.93. The van der Waals surface area contributed by atoms with Crippen molar-refractivity contribution in [3.05, 3.63) is 83.2 Å². The topological polar surface area (TPSA) is 56.7 Å². The molecule has 2 aliphatic heterocycles. The van der Waals surface area contributed by atoms with Crippen LogP contribution in [0.4, 0.5) is 5.69 Å². The number of carboxylic acids is 1. The van der Waals surface area contributed by atoms with Gasteiger partial charge in [0, 0.05) is 49.3 Å². The van der Waals surface area contributed by atoms with E-state index in [-0.39, 0.29) is 6.04 Å². The van der Waals surface area contributed by atoms with Gasteiger partial charge in [-0.05, 0) is 73.2 Å². The quantitative estimate of drug-likeness (QED) is 0.588. The van der Waals surface area contributed by atoms with Gasteiger partial charge in [-0.25, -0.2) is 4.79 Å². The summed E-state index contributed by atoms with van der Waals surface area (Å²) in [7, 11) is 2.16. The number of carbonyl (C=O) groups is 1. The minimum Gasteiger partial charge on any atom is -0.478 e. The highest BCUT2D eigenvalue weighted by molar-refractivity contribution is 5.89. The van der Waals surface area contributed by atoms with Crippen LogP contribution in [0.5, 0.6) is 0 Å². The second kappa shape index (κ2) is 8.75. The fourth-order valence-electron chi connectivity index (χ4n) is 5.31. The van der Waals surface area contributed by atoms with Gasteiger partial charge in [-0.2, -0.15) is 0 Å². The van der Waals surface area contributed by atoms with Crippen LogP contribution in [0.1, 0.15) is 52.4 Å². The third-order valence-electron chi connectivity index (χ3n) is 6.94. The van der Waals surface area contributed by atoms with E-state index < -0.39 is 5.97 Å². The van der Waals surface area contributed by atoms with Crippen LogP contribution in [0.3, 0.4) is 0 Å². The predicted molar refractivity (Wildman–Crippen MR) is 127 cm³/mol. The molecule has 164 valence electrons. The molecule has 1 atom stereocenters. The van der Waals surface area contributed by atoms with Gasteiger partial charge in [0.05, 0.1) is 5.56 Å². The number of fused-ring (bicyclic) bond motifs is 1. The standard InChI is InChI=1S/C27H29N3O2/c1-29-18-21-16-19(22-6-2-3-7-26(22)30-14-4-5-15-30)8-10-23(21)25(29)11-9-20-17-28-13-12-24(20)27(31)32/h2-3,6-8,10,12-13,16-17,25H,4-5,9,11,14-15,18H2,1H3,(H,31,32)/t25-/m1/s1. The predicted octanol–water partition coefficient (Wildman–Crippen LogP) is 5.17. The number of hydrogen-bond acceptors (Lipinski definition) is 4. The van der Waals surface area contributed by atoms with Gasteiger partial charge >= 0.3 is 5.97 Å². The molecule has 2 aliphatic rings. The molecule has 0 unspecified atom stereocenters. The van der Waals surface area contributed by atoms with Crippen molar-refractivity contribution < 1.29 is 9.90 Å². The summed E-state index contributed by atoms with van der Waals surface area (Å²) in [5.41, 5.74) is 7.82. The Bertz CT molecular complexity index is 1140. The van der Waals surface area contributed by atoms with Crippen LogP contribution >= 0.6 is 0 Å². The molecule has 5 nitrogen and oxygen atoms in total. The summed E-state index contributed by atoms with van der Waals surface area (Å²) in [6.45, 7) is 3.19. The molecule has 5 rings (SSSR count). The number of aryl methyl sites for hydroxylation is 1. The number of nitrogens with zero attached hydrogens (tertiary/aromatic N) is 3. The van der Waals surface area contributed by atoms with Crippen molar-refractivity contribution in [3.8, 4) is 11.1 Å². The normalized spacial score (nSPS) is 18.2. The monoisotopic (exact) mass is 427 g/mol. The van der Waals surface area contributed by atoms with E-state index in [1.165, 1.54) is 40.8 Å². The molecule has 0 saturated carbocycles. The lowest BCUT2D eigenvalue weighted by Crippen LogP contribution is -2.18. The number of aromatic carboxylic acids is 1. The van der Waals surface area contributed by atoms with Gasteiger partial charge < -0.3 is 10.0 Å². The minimum absolute atomic E-state index is 0.287. The van der Waals surface area contributed by atoms with Crippen molar-refractivity contribution in [1.29, 1.82) is 0 Å². The molecule has 32 heavy (non-hydrogen) atoms. The first-order valence-corrected chi connectivity index (χ1v) is 11.5. The lowest BCUT2D eigenvalue weighted by atomic mass is 9.94. The molecule has 1 fully saturated rings. The Labute approximate surface area is 189 Å². The first kappa shape index (κ1) is 20.7. The van der Waals surface area contributed by atoms with Crippen LogP contribution < -0.4 is 4.90 Å². The van der Waals surface area contributed by atoms with Crippen molar-refractivity contribution >= 4 is 11.7 Å². The number of benzene rings is 2. The van der Waals surface area contributed by atoms with Gasteiger partial charge in [-0.15, -0.1) is 0 Å². The number of anilines is 1. The molecular formula is C27H29N3O2. The lowest BCUT2D eigenvalue weighted by molar-refractivity contribution is 0.0695. The maximum Gasteiger partial charge on any atom is 0.336 e. The molecule has 1 N–H and O–H groups in total. The molecule has 1 aromatic heterocycles. The molecule has 0 aliphatic carbocycles. The van der Waals surface area contributed by atoms with Crippen LogP contribution in [0.15, 0.2) is 60.9 Å². The summed E-state index contributed by atoms with van der Waals surface area (Å²) < 4.78 is 0. The highest BCUT2D eigenvalue weighted by atomic mass is 16.4. The number of carboxylic acid groups (broad SMARTS) is 1.